The lowest BCUT2D eigenvalue weighted by molar-refractivity contribution is -0.122. The molecule has 0 radical (unpaired) electrons. The number of benzene rings is 2. The van der Waals surface area contributed by atoms with E-state index in [-0.39, 0.29) is 5.91 Å². The largest absolute Gasteiger partial charge is 0.481 e. The van der Waals surface area contributed by atoms with Crippen molar-refractivity contribution >= 4 is 35.0 Å². The van der Waals surface area contributed by atoms with E-state index in [2.05, 4.69) is 15.5 Å². The number of halogens is 1. The van der Waals surface area contributed by atoms with Crippen molar-refractivity contribution in [1.29, 1.82) is 0 Å². The quantitative estimate of drug-likeness (QED) is 0.690. The Morgan fingerprint density at radius 3 is 2.69 bits per heavy atom. The van der Waals surface area contributed by atoms with Gasteiger partial charge in [0.2, 0.25) is 0 Å². The van der Waals surface area contributed by atoms with Gasteiger partial charge in [0.25, 0.3) is 5.91 Å². The number of carbonyl (C=O) groups is 1. The van der Waals surface area contributed by atoms with Crippen molar-refractivity contribution in [2.75, 3.05) is 5.32 Å². The fourth-order valence-electron chi connectivity index (χ4n) is 2.12. The summed E-state index contributed by atoms with van der Waals surface area (Å²) < 4.78 is 7.46. The van der Waals surface area contributed by atoms with E-state index in [1.165, 1.54) is 11.8 Å². The Morgan fingerprint density at radius 2 is 2.04 bits per heavy atom. The molecule has 3 rings (SSSR count). The molecular weight excluding hydrogens is 372 g/mol. The zero-order valence-corrected chi connectivity index (χ0v) is 15.8. The zero-order chi connectivity index (χ0) is 18.5. The zero-order valence-electron chi connectivity index (χ0n) is 14.2. The van der Waals surface area contributed by atoms with Gasteiger partial charge < -0.3 is 14.6 Å². The molecule has 1 amide bonds. The molecular formula is C18H17ClN4O2S. The Balaban J connectivity index is 1.57. The molecule has 0 saturated carbocycles. The highest BCUT2D eigenvalue weighted by atomic mass is 35.5. The molecule has 3 aromatic rings. The number of nitrogens with one attached hydrogen (secondary N) is 1. The number of hydrogen-bond acceptors (Lipinski definition) is 5. The first-order valence-corrected chi connectivity index (χ1v) is 9.06. The average molecular weight is 389 g/mol. The highest BCUT2D eigenvalue weighted by Crippen LogP contribution is 2.26. The number of anilines is 1. The summed E-state index contributed by atoms with van der Waals surface area (Å²) in [5.41, 5.74) is 0.693. The fraction of sp³-hybridized carbons (Fsp3) is 0.167. The number of aromatic nitrogens is 3. The van der Waals surface area contributed by atoms with E-state index in [1.54, 1.807) is 37.5 Å². The van der Waals surface area contributed by atoms with E-state index in [9.17, 15) is 4.79 Å². The first-order chi connectivity index (χ1) is 12.5. The van der Waals surface area contributed by atoms with Gasteiger partial charge in [-0.15, -0.1) is 10.2 Å². The Hall–Kier alpha value is -2.51. The second kappa shape index (κ2) is 8.25. The first kappa shape index (κ1) is 18.3. The molecule has 0 spiro atoms. The van der Waals surface area contributed by atoms with Gasteiger partial charge >= 0.3 is 0 Å². The van der Waals surface area contributed by atoms with E-state index in [0.29, 0.717) is 16.5 Å². The number of nitrogens with zero attached hydrogens (tertiary/aromatic N) is 3. The molecule has 0 fully saturated rings. The Kier molecular flexibility index (Phi) is 5.80. The van der Waals surface area contributed by atoms with Crippen molar-refractivity contribution < 1.29 is 9.53 Å². The summed E-state index contributed by atoms with van der Waals surface area (Å²) in [6, 6.07) is 14.5. The first-order valence-electron chi connectivity index (χ1n) is 7.86. The Labute approximate surface area is 160 Å². The molecule has 0 aliphatic rings. The lowest BCUT2D eigenvalue weighted by Crippen LogP contribution is -2.30. The van der Waals surface area contributed by atoms with Crippen LogP contribution in [0.15, 0.2) is 64.9 Å². The fourth-order valence-corrected chi connectivity index (χ4v) is 3.06. The van der Waals surface area contributed by atoms with Gasteiger partial charge in [-0.25, -0.2) is 0 Å². The molecule has 0 aliphatic carbocycles. The normalized spacial score (nSPS) is 11.8. The van der Waals surface area contributed by atoms with E-state index in [1.807, 2.05) is 35.9 Å². The number of rotatable bonds is 6. The van der Waals surface area contributed by atoms with Gasteiger partial charge in [0.15, 0.2) is 11.3 Å². The van der Waals surface area contributed by atoms with Gasteiger partial charge in [0, 0.05) is 22.7 Å². The second-order valence-corrected chi connectivity index (χ2v) is 7.03. The molecule has 2 aromatic carbocycles. The minimum absolute atomic E-state index is 0.237. The van der Waals surface area contributed by atoms with Crippen molar-refractivity contribution in [3.8, 4) is 5.75 Å². The molecule has 1 unspecified atom stereocenters. The lowest BCUT2D eigenvalue weighted by Gasteiger charge is -2.15. The summed E-state index contributed by atoms with van der Waals surface area (Å²) in [5.74, 6) is 0.314. The maximum Gasteiger partial charge on any atom is 0.265 e. The average Bonchev–Trinajstić information content (AvgIpc) is 3.01. The van der Waals surface area contributed by atoms with Crippen LogP contribution in [0.3, 0.4) is 0 Å². The molecule has 1 atom stereocenters. The number of hydrogen-bond donors (Lipinski definition) is 1. The van der Waals surface area contributed by atoms with Crippen LogP contribution in [-0.4, -0.2) is 26.8 Å². The summed E-state index contributed by atoms with van der Waals surface area (Å²) >= 11 is 7.42. The predicted octanol–water partition coefficient (Wildman–Crippen LogP) is 4.03. The monoisotopic (exact) mass is 388 g/mol. The smallest absolute Gasteiger partial charge is 0.265 e. The lowest BCUT2D eigenvalue weighted by atomic mass is 10.3. The van der Waals surface area contributed by atoms with Crippen LogP contribution < -0.4 is 10.1 Å². The van der Waals surface area contributed by atoms with Gasteiger partial charge in [-0.2, -0.15) is 0 Å². The third-order valence-electron chi connectivity index (χ3n) is 3.48. The molecule has 26 heavy (non-hydrogen) atoms. The van der Waals surface area contributed by atoms with Crippen LogP contribution in [0.1, 0.15) is 6.92 Å². The maximum absolute atomic E-state index is 12.3. The summed E-state index contributed by atoms with van der Waals surface area (Å²) in [6.45, 7) is 1.69. The summed E-state index contributed by atoms with van der Waals surface area (Å²) in [4.78, 5) is 13.3. The van der Waals surface area contributed by atoms with Gasteiger partial charge in [0.1, 0.15) is 12.1 Å². The van der Waals surface area contributed by atoms with Crippen molar-refractivity contribution in [3.05, 3.63) is 59.9 Å². The summed E-state index contributed by atoms with van der Waals surface area (Å²) in [5, 5.41) is 12.1. The number of ether oxygens (including phenoxy) is 1. The van der Waals surface area contributed by atoms with Crippen molar-refractivity contribution in [2.45, 2.75) is 23.1 Å². The van der Waals surface area contributed by atoms with Crippen LogP contribution in [-0.2, 0) is 11.8 Å². The van der Waals surface area contributed by atoms with Crippen molar-refractivity contribution in [2.24, 2.45) is 7.05 Å². The highest BCUT2D eigenvalue weighted by molar-refractivity contribution is 7.99. The van der Waals surface area contributed by atoms with Gasteiger partial charge in [-0.05, 0) is 61.2 Å². The van der Waals surface area contributed by atoms with E-state index in [0.717, 1.165) is 10.1 Å². The van der Waals surface area contributed by atoms with E-state index in [4.69, 9.17) is 16.3 Å². The van der Waals surface area contributed by atoms with Crippen molar-refractivity contribution in [3.63, 3.8) is 0 Å². The van der Waals surface area contributed by atoms with Crippen molar-refractivity contribution in [1.82, 2.24) is 14.8 Å². The minimum Gasteiger partial charge on any atom is -0.481 e. The van der Waals surface area contributed by atoms with Gasteiger partial charge in [0.05, 0.1) is 0 Å². The van der Waals surface area contributed by atoms with Crippen LogP contribution in [0, 0.1) is 0 Å². The molecule has 6 nitrogen and oxygen atoms in total. The van der Waals surface area contributed by atoms with Crippen LogP contribution in [0.2, 0.25) is 5.02 Å². The topological polar surface area (TPSA) is 69.0 Å². The van der Waals surface area contributed by atoms with Crippen LogP contribution in [0.4, 0.5) is 5.69 Å². The molecule has 8 heteroatoms. The standard InChI is InChI=1S/C18H17ClN4O2S/c1-12(25-15-5-3-4-13(19)10-15)17(24)21-14-6-8-16(9-7-14)26-18-22-20-11-23(18)2/h3-12H,1-2H3,(H,21,24). The molecule has 0 bridgehead atoms. The number of aryl methyl sites for hydroxylation is 1. The van der Waals surface area contributed by atoms with Gasteiger partial charge in [-0.1, -0.05) is 17.7 Å². The molecule has 1 N–H and O–H groups in total. The van der Waals surface area contributed by atoms with E-state index >= 15 is 0 Å². The molecule has 0 saturated heterocycles. The Morgan fingerprint density at radius 1 is 1.27 bits per heavy atom. The third-order valence-corrected chi connectivity index (χ3v) is 4.77. The molecule has 1 heterocycles. The maximum atomic E-state index is 12.3. The highest BCUT2D eigenvalue weighted by Gasteiger charge is 2.15. The molecule has 1 aromatic heterocycles. The number of amides is 1. The number of carbonyl (C=O) groups excluding carboxylic acids is 1. The summed E-state index contributed by atoms with van der Waals surface area (Å²) in [6.07, 6.45) is 0.999. The second-order valence-electron chi connectivity index (χ2n) is 5.56. The summed E-state index contributed by atoms with van der Waals surface area (Å²) in [7, 11) is 1.89. The van der Waals surface area contributed by atoms with Crippen LogP contribution in [0.25, 0.3) is 0 Å². The molecule has 0 aliphatic heterocycles. The van der Waals surface area contributed by atoms with Crippen LogP contribution >= 0.6 is 23.4 Å². The third kappa shape index (κ3) is 4.77. The van der Waals surface area contributed by atoms with E-state index < -0.39 is 6.10 Å². The Bertz CT molecular complexity index is 898. The van der Waals surface area contributed by atoms with Gasteiger partial charge in [-0.3, -0.25) is 4.79 Å². The predicted molar refractivity (Wildman–Crippen MR) is 102 cm³/mol. The SMILES string of the molecule is CC(Oc1cccc(Cl)c1)C(=O)Nc1ccc(Sc2nncn2C)cc1. The van der Waals surface area contributed by atoms with Crippen LogP contribution in [0.5, 0.6) is 5.75 Å². The molecule has 134 valence electrons. The minimum atomic E-state index is -0.652.